The summed E-state index contributed by atoms with van der Waals surface area (Å²) in [7, 11) is 0. The molecule has 1 N–H and O–H groups in total. The SMILES string of the molecule is CCCCCCC(=O)N1CCCC1C(=O)Nc1nnc(-c2ccc(Br)cc2)s1. The van der Waals surface area contributed by atoms with E-state index >= 15 is 0 Å². The van der Waals surface area contributed by atoms with Crippen LogP contribution in [0.1, 0.15) is 51.9 Å². The molecule has 1 aliphatic heterocycles. The Kier molecular flexibility index (Phi) is 7.56. The van der Waals surface area contributed by atoms with E-state index < -0.39 is 6.04 Å². The van der Waals surface area contributed by atoms with Gasteiger partial charge in [0.15, 0.2) is 0 Å². The number of carbonyl (C=O) groups is 2. The van der Waals surface area contributed by atoms with Gasteiger partial charge in [0.25, 0.3) is 0 Å². The van der Waals surface area contributed by atoms with E-state index in [1.54, 1.807) is 4.90 Å². The second kappa shape index (κ2) is 10.1. The van der Waals surface area contributed by atoms with Gasteiger partial charge in [-0.15, -0.1) is 10.2 Å². The van der Waals surface area contributed by atoms with E-state index in [9.17, 15) is 9.59 Å². The highest BCUT2D eigenvalue weighted by Gasteiger charge is 2.34. The molecule has 8 heteroatoms. The maximum Gasteiger partial charge on any atom is 0.249 e. The van der Waals surface area contributed by atoms with Crippen molar-refractivity contribution in [1.29, 1.82) is 0 Å². The zero-order chi connectivity index (χ0) is 19.9. The molecule has 1 fully saturated rings. The smallest absolute Gasteiger partial charge is 0.249 e. The minimum atomic E-state index is -0.404. The van der Waals surface area contributed by atoms with Crippen LogP contribution >= 0.6 is 27.3 Å². The molecule has 1 saturated heterocycles. The number of hydrogen-bond donors (Lipinski definition) is 1. The van der Waals surface area contributed by atoms with Gasteiger partial charge >= 0.3 is 0 Å². The zero-order valence-corrected chi connectivity index (χ0v) is 18.4. The third-order valence-electron chi connectivity index (χ3n) is 4.87. The molecule has 6 nitrogen and oxygen atoms in total. The van der Waals surface area contributed by atoms with Crippen molar-refractivity contribution in [3.05, 3.63) is 28.7 Å². The van der Waals surface area contributed by atoms with Crippen LogP contribution in [0.3, 0.4) is 0 Å². The molecular formula is C20H25BrN4O2S. The predicted molar refractivity (Wildman–Crippen MR) is 115 cm³/mol. The van der Waals surface area contributed by atoms with Gasteiger partial charge < -0.3 is 4.90 Å². The van der Waals surface area contributed by atoms with Crippen molar-refractivity contribution in [1.82, 2.24) is 15.1 Å². The summed E-state index contributed by atoms with van der Waals surface area (Å²) in [4.78, 5) is 27.0. The predicted octanol–water partition coefficient (Wildman–Crippen LogP) is 4.87. The van der Waals surface area contributed by atoms with Crippen molar-refractivity contribution in [2.45, 2.75) is 57.9 Å². The van der Waals surface area contributed by atoms with E-state index in [2.05, 4.69) is 38.4 Å². The molecule has 2 aromatic rings. The Balaban J connectivity index is 1.57. The fourth-order valence-corrected chi connectivity index (χ4v) is 4.37. The molecule has 2 heterocycles. The van der Waals surface area contributed by atoms with Crippen LogP contribution in [-0.4, -0.2) is 39.5 Å². The first-order valence-corrected chi connectivity index (χ1v) is 11.4. The number of nitrogens with one attached hydrogen (secondary N) is 1. The van der Waals surface area contributed by atoms with Crippen molar-refractivity contribution in [3.63, 3.8) is 0 Å². The van der Waals surface area contributed by atoms with Crippen molar-refractivity contribution in [2.75, 3.05) is 11.9 Å². The molecule has 0 radical (unpaired) electrons. The zero-order valence-electron chi connectivity index (χ0n) is 16.0. The minimum absolute atomic E-state index is 0.0848. The largest absolute Gasteiger partial charge is 0.331 e. The number of anilines is 1. The molecule has 3 rings (SSSR count). The summed E-state index contributed by atoms with van der Waals surface area (Å²) in [6.45, 7) is 2.81. The van der Waals surface area contributed by atoms with Crippen LogP contribution in [0.2, 0.25) is 0 Å². The number of carbonyl (C=O) groups excluding carboxylic acids is 2. The van der Waals surface area contributed by atoms with Crippen molar-refractivity contribution in [2.24, 2.45) is 0 Å². The molecule has 1 unspecified atom stereocenters. The number of halogens is 1. The first-order valence-electron chi connectivity index (χ1n) is 9.78. The topological polar surface area (TPSA) is 75.2 Å². The summed E-state index contributed by atoms with van der Waals surface area (Å²) >= 11 is 4.75. The second-order valence-electron chi connectivity index (χ2n) is 6.96. The molecule has 0 spiro atoms. The lowest BCUT2D eigenvalue weighted by Crippen LogP contribution is -2.43. The van der Waals surface area contributed by atoms with E-state index in [4.69, 9.17) is 0 Å². The van der Waals surface area contributed by atoms with Gasteiger partial charge in [0.05, 0.1) is 0 Å². The normalized spacial score (nSPS) is 16.4. The van der Waals surface area contributed by atoms with Crippen molar-refractivity contribution in [3.8, 4) is 10.6 Å². The Labute approximate surface area is 177 Å². The van der Waals surface area contributed by atoms with E-state index in [1.807, 2.05) is 24.3 Å². The monoisotopic (exact) mass is 464 g/mol. The van der Waals surface area contributed by atoms with E-state index in [-0.39, 0.29) is 11.8 Å². The molecule has 2 amide bonds. The lowest BCUT2D eigenvalue weighted by molar-refractivity contribution is -0.136. The highest BCUT2D eigenvalue weighted by molar-refractivity contribution is 9.10. The number of aromatic nitrogens is 2. The van der Waals surface area contributed by atoms with Crippen LogP contribution in [0.25, 0.3) is 10.6 Å². The Hall–Kier alpha value is -1.80. The Bertz CT molecular complexity index is 809. The minimum Gasteiger partial charge on any atom is -0.331 e. The van der Waals surface area contributed by atoms with Crippen LogP contribution in [0.15, 0.2) is 28.7 Å². The molecular weight excluding hydrogens is 440 g/mol. The molecule has 1 atom stereocenters. The lowest BCUT2D eigenvalue weighted by atomic mass is 10.1. The van der Waals surface area contributed by atoms with Crippen LogP contribution < -0.4 is 5.32 Å². The number of hydrogen-bond acceptors (Lipinski definition) is 5. The average Bonchev–Trinajstić information content (AvgIpc) is 3.35. The quantitative estimate of drug-likeness (QED) is 0.565. The number of rotatable bonds is 8. The third kappa shape index (κ3) is 5.38. The summed E-state index contributed by atoms with van der Waals surface area (Å²) in [6, 6.07) is 7.38. The van der Waals surface area contributed by atoms with E-state index in [0.717, 1.165) is 47.1 Å². The standard InChI is InChI=1S/C20H25BrN4O2S/c1-2-3-4-5-8-17(26)25-13-6-7-16(25)18(27)22-20-24-23-19(28-20)14-9-11-15(21)12-10-14/h9-12,16H,2-8,13H2,1H3,(H,22,24,27). The van der Waals surface area contributed by atoms with Gasteiger partial charge in [0.2, 0.25) is 16.9 Å². The van der Waals surface area contributed by atoms with Gasteiger partial charge in [-0.25, -0.2) is 0 Å². The third-order valence-corrected chi connectivity index (χ3v) is 6.28. The number of likely N-dealkylation sites (tertiary alicyclic amines) is 1. The lowest BCUT2D eigenvalue weighted by Gasteiger charge is -2.23. The van der Waals surface area contributed by atoms with Crippen LogP contribution in [-0.2, 0) is 9.59 Å². The summed E-state index contributed by atoms with van der Waals surface area (Å²) in [5.41, 5.74) is 0.950. The first-order chi connectivity index (χ1) is 13.6. The molecule has 28 heavy (non-hydrogen) atoms. The molecule has 1 aliphatic rings. The Morgan fingerprint density at radius 1 is 1.21 bits per heavy atom. The van der Waals surface area contributed by atoms with Crippen molar-refractivity contribution < 1.29 is 9.59 Å². The molecule has 0 saturated carbocycles. The van der Waals surface area contributed by atoms with Gasteiger partial charge in [-0.3, -0.25) is 14.9 Å². The van der Waals surface area contributed by atoms with Gasteiger partial charge in [0, 0.05) is 23.0 Å². The average molecular weight is 465 g/mol. The fraction of sp³-hybridized carbons (Fsp3) is 0.500. The van der Waals surface area contributed by atoms with Crippen LogP contribution in [0.4, 0.5) is 5.13 Å². The molecule has 0 bridgehead atoms. The fourth-order valence-electron chi connectivity index (χ4n) is 3.36. The highest BCUT2D eigenvalue weighted by Crippen LogP contribution is 2.28. The maximum atomic E-state index is 12.7. The second-order valence-corrected chi connectivity index (χ2v) is 8.86. The van der Waals surface area contributed by atoms with Gasteiger partial charge in [0.1, 0.15) is 11.0 Å². The number of nitrogens with zero attached hydrogens (tertiary/aromatic N) is 3. The van der Waals surface area contributed by atoms with Gasteiger partial charge in [-0.05, 0) is 31.4 Å². The van der Waals surface area contributed by atoms with Crippen LogP contribution in [0, 0.1) is 0 Å². The van der Waals surface area contributed by atoms with E-state index in [1.165, 1.54) is 11.3 Å². The maximum absolute atomic E-state index is 12.7. The molecule has 150 valence electrons. The van der Waals surface area contributed by atoms with Crippen molar-refractivity contribution >= 4 is 44.2 Å². The van der Waals surface area contributed by atoms with E-state index in [0.29, 0.717) is 24.5 Å². The van der Waals surface area contributed by atoms with Gasteiger partial charge in [-0.1, -0.05) is 65.6 Å². The molecule has 1 aromatic carbocycles. The number of amides is 2. The first kappa shape index (κ1) is 20.9. The number of benzene rings is 1. The number of unbranched alkanes of at least 4 members (excludes halogenated alkanes) is 3. The molecule has 1 aromatic heterocycles. The summed E-state index contributed by atoms with van der Waals surface area (Å²) < 4.78 is 0.995. The Morgan fingerprint density at radius 2 is 2.00 bits per heavy atom. The highest BCUT2D eigenvalue weighted by atomic mass is 79.9. The van der Waals surface area contributed by atoms with Gasteiger partial charge in [-0.2, -0.15) is 0 Å². The summed E-state index contributed by atoms with van der Waals surface area (Å²) in [5, 5.41) is 12.3. The molecule has 0 aliphatic carbocycles. The Morgan fingerprint density at radius 3 is 2.75 bits per heavy atom. The van der Waals surface area contributed by atoms with Crippen LogP contribution in [0.5, 0.6) is 0 Å². The summed E-state index contributed by atoms with van der Waals surface area (Å²) in [5.74, 6) is -0.0838. The summed E-state index contributed by atoms with van der Waals surface area (Å²) in [6.07, 6.45) is 6.34.